The van der Waals surface area contributed by atoms with Crippen molar-refractivity contribution in [2.75, 3.05) is 6.26 Å². The first-order valence-electron chi connectivity index (χ1n) is 7.81. The van der Waals surface area contributed by atoms with E-state index in [2.05, 4.69) is 5.32 Å². The summed E-state index contributed by atoms with van der Waals surface area (Å²) in [5.74, 6) is -0.478. The number of aliphatic hydroxyl groups is 1. The van der Waals surface area contributed by atoms with Gasteiger partial charge in [0.05, 0.1) is 23.1 Å². The first-order chi connectivity index (χ1) is 11.4. The SMILES string of the molecule is CSc1ccc(C(C)C(=O)NC(C)C(O)c2ccccc2)cc1Cl. The number of aliphatic hydroxyl groups excluding tert-OH is 1. The van der Waals surface area contributed by atoms with Gasteiger partial charge in [0.15, 0.2) is 0 Å². The zero-order valence-corrected chi connectivity index (χ0v) is 15.6. The maximum Gasteiger partial charge on any atom is 0.227 e. The van der Waals surface area contributed by atoms with Gasteiger partial charge in [-0.25, -0.2) is 0 Å². The molecule has 0 aromatic heterocycles. The predicted octanol–water partition coefficient (Wildman–Crippen LogP) is 4.40. The van der Waals surface area contributed by atoms with Crippen LogP contribution in [0.5, 0.6) is 0 Å². The number of amides is 1. The zero-order valence-electron chi connectivity index (χ0n) is 14.0. The second kappa shape index (κ2) is 8.56. The smallest absolute Gasteiger partial charge is 0.227 e. The lowest BCUT2D eigenvalue weighted by atomic mass is 9.98. The third kappa shape index (κ3) is 4.53. The van der Waals surface area contributed by atoms with Crippen molar-refractivity contribution in [2.24, 2.45) is 0 Å². The highest BCUT2D eigenvalue weighted by Gasteiger charge is 2.22. The lowest BCUT2D eigenvalue weighted by Gasteiger charge is -2.23. The summed E-state index contributed by atoms with van der Waals surface area (Å²) in [6.07, 6.45) is 1.22. The lowest BCUT2D eigenvalue weighted by molar-refractivity contribution is -0.123. The number of halogens is 1. The van der Waals surface area contributed by atoms with Crippen molar-refractivity contribution in [1.29, 1.82) is 0 Å². The molecule has 2 N–H and O–H groups in total. The van der Waals surface area contributed by atoms with Gasteiger partial charge in [-0.3, -0.25) is 4.79 Å². The predicted molar refractivity (Wildman–Crippen MR) is 101 cm³/mol. The Kier molecular flexibility index (Phi) is 6.72. The summed E-state index contributed by atoms with van der Waals surface area (Å²) in [6, 6.07) is 14.6. The Morgan fingerprint density at radius 2 is 1.79 bits per heavy atom. The highest BCUT2D eigenvalue weighted by atomic mass is 35.5. The van der Waals surface area contributed by atoms with Crippen molar-refractivity contribution in [3.05, 3.63) is 64.7 Å². The number of hydrogen-bond donors (Lipinski definition) is 2. The maximum absolute atomic E-state index is 12.5. The fourth-order valence-electron chi connectivity index (χ4n) is 2.47. The third-order valence-corrected chi connectivity index (χ3v) is 5.27. The number of benzene rings is 2. The number of carbonyl (C=O) groups excluding carboxylic acids is 1. The van der Waals surface area contributed by atoms with Gasteiger partial charge in [0, 0.05) is 4.90 Å². The number of nitrogens with one attached hydrogen (secondary N) is 1. The standard InChI is InChI=1S/C19H22ClNO2S/c1-12(15-9-10-17(24-3)16(20)11-15)19(23)21-13(2)18(22)14-7-5-4-6-8-14/h4-13,18,22H,1-3H3,(H,21,23). The molecule has 0 heterocycles. The van der Waals surface area contributed by atoms with Crippen LogP contribution in [0.25, 0.3) is 0 Å². The van der Waals surface area contributed by atoms with Crippen LogP contribution in [0.4, 0.5) is 0 Å². The first kappa shape index (κ1) is 18.8. The van der Waals surface area contributed by atoms with E-state index in [1.54, 1.807) is 18.7 Å². The third-order valence-electron chi connectivity index (χ3n) is 4.05. The maximum atomic E-state index is 12.5. The molecule has 2 rings (SSSR count). The fraction of sp³-hybridized carbons (Fsp3) is 0.316. The van der Waals surface area contributed by atoms with Gasteiger partial charge in [0.1, 0.15) is 0 Å². The molecule has 0 aliphatic rings. The highest BCUT2D eigenvalue weighted by Crippen LogP contribution is 2.29. The normalized spacial score (nSPS) is 14.7. The molecule has 3 atom stereocenters. The van der Waals surface area contributed by atoms with Gasteiger partial charge in [-0.2, -0.15) is 0 Å². The Morgan fingerprint density at radius 3 is 2.38 bits per heavy atom. The van der Waals surface area contributed by atoms with E-state index in [0.717, 1.165) is 16.0 Å². The van der Waals surface area contributed by atoms with E-state index in [0.29, 0.717) is 5.02 Å². The second-order valence-corrected chi connectivity index (χ2v) is 7.02. The van der Waals surface area contributed by atoms with Gasteiger partial charge in [0.2, 0.25) is 5.91 Å². The summed E-state index contributed by atoms with van der Waals surface area (Å²) >= 11 is 7.79. The Bertz CT molecular complexity index is 693. The summed E-state index contributed by atoms with van der Waals surface area (Å²) in [6.45, 7) is 3.63. The molecule has 24 heavy (non-hydrogen) atoms. The van der Waals surface area contributed by atoms with Crippen molar-refractivity contribution in [1.82, 2.24) is 5.32 Å². The molecule has 0 saturated carbocycles. The number of hydrogen-bond acceptors (Lipinski definition) is 3. The molecule has 2 aromatic rings. The van der Waals surface area contributed by atoms with Crippen LogP contribution in [0.3, 0.4) is 0 Å². The van der Waals surface area contributed by atoms with Crippen molar-refractivity contribution in [3.8, 4) is 0 Å². The Labute approximate surface area is 152 Å². The Hall–Kier alpha value is -1.49. The molecule has 0 saturated heterocycles. The van der Waals surface area contributed by atoms with E-state index in [1.165, 1.54) is 0 Å². The summed E-state index contributed by atoms with van der Waals surface area (Å²) < 4.78 is 0. The van der Waals surface area contributed by atoms with Crippen LogP contribution in [0.15, 0.2) is 53.4 Å². The monoisotopic (exact) mass is 363 g/mol. The van der Waals surface area contributed by atoms with Gasteiger partial charge in [0.25, 0.3) is 0 Å². The number of rotatable bonds is 6. The average molecular weight is 364 g/mol. The van der Waals surface area contributed by atoms with E-state index < -0.39 is 6.10 Å². The van der Waals surface area contributed by atoms with Crippen LogP contribution in [0.1, 0.15) is 37.0 Å². The average Bonchev–Trinajstić information content (AvgIpc) is 2.60. The van der Waals surface area contributed by atoms with E-state index in [-0.39, 0.29) is 17.9 Å². The van der Waals surface area contributed by atoms with Crippen LogP contribution in [-0.4, -0.2) is 23.3 Å². The van der Waals surface area contributed by atoms with Gasteiger partial charge < -0.3 is 10.4 Å². The number of thioether (sulfide) groups is 1. The van der Waals surface area contributed by atoms with Crippen molar-refractivity contribution in [3.63, 3.8) is 0 Å². The molecule has 3 nitrogen and oxygen atoms in total. The van der Waals surface area contributed by atoms with Crippen LogP contribution in [0, 0.1) is 0 Å². The van der Waals surface area contributed by atoms with Crippen LogP contribution in [0.2, 0.25) is 5.02 Å². The van der Waals surface area contributed by atoms with E-state index in [4.69, 9.17) is 11.6 Å². The lowest BCUT2D eigenvalue weighted by Crippen LogP contribution is -2.39. The minimum atomic E-state index is -0.746. The molecule has 128 valence electrons. The molecule has 2 aromatic carbocycles. The minimum absolute atomic E-state index is 0.134. The molecule has 1 amide bonds. The second-order valence-electron chi connectivity index (χ2n) is 5.77. The highest BCUT2D eigenvalue weighted by molar-refractivity contribution is 7.98. The summed E-state index contributed by atoms with van der Waals surface area (Å²) in [5, 5.41) is 13.9. The van der Waals surface area contributed by atoms with Crippen molar-refractivity contribution < 1.29 is 9.90 Å². The summed E-state index contributed by atoms with van der Waals surface area (Å²) in [4.78, 5) is 13.5. The zero-order chi connectivity index (χ0) is 17.7. The van der Waals surface area contributed by atoms with E-state index in [1.807, 2.05) is 61.7 Å². The Morgan fingerprint density at radius 1 is 1.12 bits per heavy atom. The van der Waals surface area contributed by atoms with Gasteiger partial charge in [-0.05, 0) is 43.4 Å². The summed E-state index contributed by atoms with van der Waals surface area (Å²) in [7, 11) is 0. The molecular formula is C19H22ClNO2S. The molecular weight excluding hydrogens is 342 g/mol. The van der Waals surface area contributed by atoms with E-state index in [9.17, 15) is 9.90 Å². The quantitative estimate of drug-likeness (QED) is 0.747. The number of carbonyl (C=O) groups is 1. The van der Waals surface area contributed by atoms with Gasteiger partial charge in [-0.1, -0.05) is 48.0 Å². The summed E-state index contributed by atoms with van der Waals surface area (Å²) in [5.41, 5.74) is 1.64. The van der Waals surface area contributed by atoms with Crippen LogP contribution in [-0.2, 0) is 4.79 Å². The molecule has 0 aliphatic carbocycles. The molecule has 0 bridgehead atoms. The fourth-order valence-corrected chi connectivity index (χ4v) is 3.35. The van der Waals surface area contributed by atoms with Crippen molar-refractivity contribution in [2.45, 2.75) is 36.8 Å². The van der Waals surface area contributed by atoms with Crippen LogP contribution < -0.4 is 5.32 Å². The minimum Gasteiger partial charge on any atom is -0.386 e. The molecule has 0 radical (unpaired) electrons. The molecule has 0 spiro atoms. The Balaban J connectivity index is 2.04. The molecule has 5 heteroatoms. The molecule has 0 fully saturated rings. The largest absolute Gasteiger partial charge is 0.386 e. The van der Waals surface area contributed by atoms with Gasteiger partial charge in [-0.15, -0.1) is 11.8 Å². The topological polar surface area (TPSA) is 49.3 Å². The van der Waals surface area contributed by atoms with Crippen molar-refractivity contribution >= 4 is 29.3 Å². The first-order valence-corrected chi connectivity index (χ1v) is 9.41. The van der Waals surface area contributed by atoms with E-state index >= 15 is 0 Å². The molecule has 3 unspecified atom stereocenters. The molecule has 0 aliphatic heterocycles. The van der Waals surface area contributed by atoms with Crippen LogP contribution >= 0.6 is 23.4 Å². The van der Waals surface area contributed by atoms with Gasteiger partial charge >= 0.3 is 0 Å².